The number of unbranched alkanes of at least 4 members (excludes halogenated alkanes) is 1. The van der Waals surface area contributed by atoms with Gasteiger partial charge in [0.25, 0.3) is 0 Å². The van der Waals surface area contributed by atoms with Gasteiger partial charge in [-0.1, -0.05) is 51.3 Å². The van der Waals surface area contributed by atoms with Crippen molar-refractivity contribution in [3.63, 3.8) is 0 Å². The molecule has 0 spiro atoms. The first-order valence-corrected chi connectivity index (χ1v) is 7.62. The van der Waals surface area contributed by atoms with Crippen molar-refractivity contribution in [2.45, 2.75) is 46.0 Å². The second-order valence-electron chi connectivity index (χ2n) is 5.01. The Morgan fingerprint density at radius 3 is 2.47 bits per heavy atom. The van der Waals surface area contributed by atoms with Crippen LogP contribution in [0.15, 0.2) is 30.3 Å². The minimum absolute atomic E-state index is 0.731. The van der Waals surface area contributed by atoms with Gasteiger partial charge in [0.05, 0.1) is 6.61 Å². The lowest BCUT2D eigenvalue weighted by atomic mass is 10.0. The molecule has 0 bridgehead atoms. The Hall–Kier alpha value is -1.02. The van der Waals surface area contributed by atoms with Crippen LogP contribution < -0.4 is 4.74 Å². The van der Waals surface area contributed by atoms with Crippen molar-refractivity contribution >= 4 is 0 Å². The van der Waals surface area contributed by atoms with Gasteiger partial charge in [0, 0.05) is 19.6 Å². The minimum Gasteiger partial charge on any atom is -0.494 e. The van der Waals surface area contributed by atoms with Gasteiger partial charge in [-0.05, 0) is 24.5 Å². The van der Waals surface area contributed by atoms with Crippen LogP contribution in [0.5, 0.6) is 5.75 Å². The van der Waals surface area contributed by atoms with E-state index in [9.17, 15) is 0 Å². The molecule has 19 heavy (non-hydrogen) atoms. The second-order valence-corrected chi connectivity index (χ2v) is 5.01. The normalized spacial score (nSPS) is 12.3. The Bertz CT molecular complexity index is 297. The molecule has 0 amide bonds. The van der Waals surface area contributed by atoms with E-state index in [-0.39, 0.29) is 0 Å². The van der Waals surface area contributed by atoms with Gasteiger partial charge in [-0.15, -0.1) is 0 Å². The van der Waals surface area contributed by atoms with E-state index < -0.39 is 0 Å². The standard InChI is InChI=1S/C17H28O2/c1-3-5-10-16(4-2)15-18-13-9-14-19-17-11-7-6-8-12-17/h6-8,11-12,16H,3-5,9-10,13-15H2,1-2H3. The minimum atomic E-state index is 0.731. The largest absolute Gasteiger partial charge is 0.494 e. The number of hydrogen-bond acceptors (Lipinski definition) is 2. The van der Waals surface area contributed by atoms with Crippen molar-refractivity contribution in [2.75, 3.05) is 19.8 Å². The lowest BCUT2D eigenvalue weighted by Gasteiger charge is -2.14. The maximum absolute atomic E-state index is 5.74. The van der Waals surface area contributed by atoms with Crippen LogP contribution in [0.2, 0.25) is 0 Å². The fraction of sp³-hybridized carbons (Fsp3) is 0.647. The van der Waals surface area contributed by atoms with Crippen LogP contribution in [-0.2, 0) is 4.74 Å². The van der Waals surface area contributed by atoms with Crippen molar-refractivity contribution in [3.8, 4) is 5.75 Å². The summed E-state index contributed by atoms with van der Waals surface area (Å²) >= 11 is 0. The molecule has 1 aromatic rings. The SMILES string of the molecule is CCCCC(CC)COCCCOc1ccccc1. The highest BCUT2D eigenvalue weighted by atomic mass is 16.5. The average Bonchev–Trinajstić information content (AvgIpc) is 2.47. The molecule has 1 unspecified atom stereocenters. The topological polar surface area (TPSA) is 18.5 Å². The summed E-state index contributed by atoms with van der Waals surface area (Å²) < 4.78 is 11.4. The van der Waals surface area contributed by atoms with Crippen molar-refractivity contribution < 1.29 is 9.47 Å². The molecule has 108 valence electrons. The molecule has 0 aliphatic carbocycles. The predicted octanol–water partition coefficient (Wildman–Crippen LogP) is 4.69. The maximum atomic E-state index is 5.74. The highest BCUT2D eigenvalue weighted by Crippen LogP contribution is 2.13. The van der Waals surface area contributed by atoms with E-state index in [0.29, 0.717) is 0 Å². The first-order valence-electron chi connectivity index (χ1n) is 7.62. The molecule has 0 N–H and O–H groups in total. The fourth-order valence-electron chi connectivity index (χ4n) is 2.02. The first-order chi connectivity index (χ1) is 9.36. The lowest BCUT2D eigenvalue weighted by Crippen LogP contribution is -2.11. The average molecular weight is 264 g/mol. The highest BCUT2D eigenvalue weighted by molar-refractivity contribution is 5.20. The Labute approximate surface area is 118 Å². The number of hydrogen-bond donors (Lipinski definition) is 0. The monoisotopic (exact) mass is 264 g/mol. The third-order valence-electron chi connectivity index (χ3n) is 3.34. The van der Waals surface area contributed by atoms with Crippen LogP contribution in [0.25, 0.3) is 0 Å². The van der Waals surface area contributed by atoms with Crippen molar-refractivity contribution in [2.24, 2.45) is 5.92 Å². The van der Waals surface area contributed by atoms with E-state index in [1.54, 1.807) is 0 Å². The zero-order valence-electron chi connectivity index (χ0n) is 12.4. The van der Waals surface area contributed by atoms with Gasteiger partial charge in [0.1, 0.15) is 5.75 Å². The first kappa shape index (κ1) is 16.0. The molecule has 0 saturated carbocycles. The van der Waals surface area contributed by atoms with Crippen LogP contribution in [0.4, 0.5) is 0 Å². The third-order valence-corrected chi connectivity index (χ3v) is 3.34. The fourth-order valence-corrected chi connectivity index (χ4v) is 2.02. The van der Waals surface area contributed by atoms with E-state index >= 15 is 0 Å². The van der Waals surface area contributed by atoms with Crippen molar-refractivity contribution in [1.82, 2.24) is 0 Å². The van der Waals surface area contributed by atoms with Crippen LogP contribution in [-0.4, -0.2) is 19.8 Å². The third kappa shape index (κ3) is 7.89. The Balaban J connectivity index is 1.98. The zero-order chi connectivity index (χ0) is 13.8. The molecule has 0 saturated heterocycles. The van der Waals surface area contributed by atoms with Gasteiger partial charge >= 0.3 is 0 Å². The summed E-state index contributed by atoms with van der Waals surface area (Å²) in [5.74, 6) is 1.67. The Morgan fingerprint density at radius 2 is 1.79 bits per heavy atom. The molecular formula is C17H28O2. The van der Waals surface area contributed by atoms with Crippen LogP contribution in [0, 0.1) is 5.92 Å². The summed E-state index contributed by atoms with van der Waals surface area (Å²) in [7, 11) is 0. The summed E-state index contributed by atoms with van der Waals surface area (Å²) in [5, 5.41) is 0. The summed E-state index contributed by atoms with van der Waals surface area (Å²) in [4.78, 5) is 0. The molecule has 1 atom stereocenters. The smallest absolute Gasteiger partial charge is 0.119 e. The van der Waals surface area contributed by atoms with E-state index in [2.05, 4.69) is 13.8 Å². The molecule has 0 fully saturated rings. The van der Waals surface area contributed by atoms with Crippen molar-refractivity contribution in [1.29, 1.82) is 0 Å². The van der Waals surface area contributed by atoms with E-state index in [1.165, 1.54) is 25.7 Å². The Kier molecular flexibility index (Phi) is 9.17. The molecule has 1 aromatic carbocycles. The molecule has 0 aliphatic heterocycles. The van der Waals surface area contributed by atoms with Gasteiger partial charge in [0.15, 0.2) is 0 Å². The predicted molar refractivity (Wildman–Crippen MR) is 80.7 cm³/mol. The number of para-hydroxylation sites is 1. The van der Waals surface area contributed by atoms with Gasteiger partial charge < -0.3 is 9.47 Å². The summed E-state index contributed by atoms with van der Waals surface area (Å²) in [6, 6.07) is 9.95. The second kappa shape index (κ2) is 10.9. The molecule has 2 heteroatoms. The van der Waals surface area contributed by atoms with E-state index in [0.717, 1.165) is 37.9 Å². The van der Waals surface area contributed by atoms with E-state index in [1.807, 2.05) is 30.3 Å². The van der Waals surface area contributed by atoms with Crippen LogP contribution in [0.3, 0.4) is 0 Å². The zero-order valence-corrected chi connectivity index (χ0v) is 12.4. The molecule has 0 aromatic heterocycles. The quantitative estimate of drug-likeness (QED) is 0.540. The van der Waals surface area contributed by atoms with Crippen molar-refractivity contribution in [3.05, 3.63) is 30.3 Å². The summed E-state index contributed by atoms with van der Waals surface area (Å²) in [5.41, 5.74) is 0. The molecule has 0 aliphatic rings. The molecule has 0 heterocycles. The highest BCUT2D eigenvalue weighted by Gasteiger charge is 2.05. The van der Waals surface area contributed by atoms with Crippen LogP contribution >= 0.6 is 0 Å². The number of ether oxygens (including phenoxy) is 2. The van der Waals surface area contributed by atoms with Gasteiger partial charge in [0.2, 0.25) is 0 Å². The number of rotatable bonds is 11. The molecular weight excluding hydrogens is 236 g/mol. The van der Waals surface area contributed by atoms with Gasteiger partial charge in [-0.2, -0.15) is 0 Å². The van der Waals surface area contributed by atoms with E-state index in [4.69, 9.17) is 9.47 Å². The number of benzene rings is 1. The van der Waals surface area contributed by atoms with Crippen LogP contribution in [0.1, 0.15) is 46.0 Å². The molecule has 2 nitrogen and oxygen atoms in total. The maximum Gasteiger partial charge on any atom is 0.119 e. The van der Waals surface area contributed by atoms with Gasteiger partial charge in [-0.3, -0.25) is 0 Å². The molecule has 0 radical (unpaired) electrons. The summed E-state index contributed by atoms with van der Waals surface area (Å²) in [6.45, 7) is 6.93. The van der Waals surface area contributed by atoms with Gasteiger partial charge in [-0.25, -0.2) is 0 Å². The lowest BCUT2D eigenvalue weighted by molar-refractivity contribution is 0.0842. The Morgan fingerprint density at radius 1 is 1.00 bits per heavy atom. The molecule has 1 rings (SSSR count). The summed E-state index contributed by atoms with van der Waals surface area (Å²) in [6.07, 6.45) is 6.08.